The summed E-state index contributed by atoms with van der Waals surface area (Å²) in [5.74, 6) is 0.680. The average molecular weight is 264 g/mol. The van der Waals surface area contributed by atoms with E-state index in [9.17, 15) is 0 Å². The molecule has 1 aromatic rings. The highest BCUT2D eigenvalue weighted by atomic mass is 15.3. The van der Waals surface area contributed by atoms with Crippen LogP contribution in [0, 0.1) is 12.8 Å². The lowest BCUT2D eigenvalue weighted by Crippen LogP contribution is -2.57. The van der Waals surface area contributed by atoms with E-state index >= 15 is 0 Å². The van der Waals surface area contributed by atoms with Crippen LogP contribution in [-0.4, -0.2) is 39.9 Å². The summed E-state index contributed by atoms with van der Waals surface area (Å²) in [6.07, 6.45) is 1.20. The number of aromatic nitrogens is 2. The molecule has 2 rings (SSSR count). The number of hydrogen-bond donors (Lipinski definition) is 1. The van der Waals surface area contributed by atoms with E-state index in [2.05, 4.69) is 49.1 Å². The third-order valence-corrected chi connectivity index (χ3v) is 4.27. The van der Waals surface area contributed by atoms with Gasteiger partial charge in [0.15, 0.2) is 0 Å². The third-order valence-electron chi connectivity index (χ3n) is 4.27. The zero-order chi connectivity index (χ0) is 14.0. The van der Waals surface area contributed by atoms with Gasteiger partial charge in [-0.25, -0.2) is 0 Å². The Hall–Kier alpha value is -0.870. The van der Waals surface area contributed by atoms with E-state index in [1.165, 1.54) is 12.1 Å². The van der Waals surface area contributed by atoms with Crippen molar-refractivity contribution in [1.82, 2.24) is 20.0 Å². The molecule has 19 heavy (non-hydrogen) atoms. The van der Waals surface area contributed by atoms with Crippen LogP contribution in [0.1, 0.15) is 38.6 Å². The Kier molecular flexibility index (Phi) is 4.63. The average Bonchev–Trinajstić information content (AvgIpc) is 2.67. The maximum atomic E-state index is 4.46. The molecule has 0 radical (unpaired) electrons. The molecule has 2 unspecified atom stereocenters. The molecule has 0 saturated carbocycles. The fourth-order valence-corrected chi connectivity index (χ4v) is 3.03. The number of aryl methyl sites for hydroxylation is 2. The van der Waals surface area contributed by atoms with Gasteiger partial charge in [-0.1, -0.05) is 20.8 Å². The Morgan fingerprint density at radius 2 is 2.21 bits per heavy atom. The highest BCUT2D eigenvalue weighted by Crippen LogP contribution is 2.19. The molecule has 1 fully saturated rings. The number of piperazine rings is 1. The summed E-state index contributed by atoms with van der Waals surface area (Å²) < 4.78 is 2.02. The van der Waals surface area contributed by atoms with Crippen LogP contribution in [0.3, 0.4) is 0 Å². The normalized spacial score (nSPS) is 25.2. The van der Waals surface area contributed by atoms with Gasteiger partial charge >= 0.3 is 0 Å². The van der Waals surface area contributed by atoms with Crippen molar-refractivity contribution in [3.05, 3.63) is 17.5 Å². The van der Waals surface area contributed by atoms with E-state index in [4.69, 9.17) is 0 Å². The van der Waals surface area contributed by atoms with Crippen LogP contribution in [0.4, 0.5) is 0 Å². The lowest BCUT2D eigenvalue weighted by molar-refractivity contribution is 0.0876. The smallest absolute Gasteiger partial charge is 0.0597 e. The maximum absolute atomic E-state index is 4.46. The summed E-state index contributed by atoms with van der Waals surface area (Å²) in [6.45, 7) is 12.2. The summed E-state index contributed by atoms with van der Waals surface area (Å²) in [5, 5.41) is 8.13. The van der Waals surface area contributed by atoms with Gasteiger partial charge in [0.25, 0.3) is 0 Å². The van der Waals surface area contributed by atoms with Crippen molar-refractivity contribution >= 4 is 0 Å². The first-order chi connectivity index (χ1) is 9.01. The van der Waals surface area contributed by atoms with Crippen LogP contribution in [0.5, 0.6) is 0 Å². The largest absolute Gasteiger partial charge is 0.311 e. The Bertz CT molecular complexity index is 410. The number of nitrogens with zero attached hydrogens (tertiary/aromatic N) is 3. The Labute approximate surface area is 117 Å². The lowest BCUT2D eigenvalue weighted by Gasteiger charge is -2.42. The molecule has 1 aliphatic rings. The van der Waals surface area contributed by atoms with E-state index in [1.54, 1.807) is 0 Å². The van der Waals surface area contributed by atoms with Gasteiger partial charge in [0.1, 0.15) is 0 Å². The van der Waals surface area contributed by atoms with Gasteiger partial charge in [0.2, 0.25) is 0 Å². The van der Waals surface area contributed by atoms with Gasteiger partial charge < -0.3 is 5.32 Å². The van der Waals surface area contributed by atoms with Crippen molar-refractivity contribution in [2.45, 2.75) is 52.7 Å². The fraction of sp³-hybridized carbons (Fsp3) is 0.800. The number of nitrogens with one attached hydrogen (secondary N) is 1. The van der Waals surface area contributed by atoms with Crippen molar-refractivity contribution in [1.29, 1.82) is 0 Å². The molecule has 0 bridgehead atoms. The fourth-order valence-electron chi connectivity index (χ4n) is 3.03. The predicted molar refractivity (Wildman–Crippen MR) is 79.1 cm³/mol. The molecule has 1 saturated heterocycles. The van der Waals surface area contributed by atoms with Crippen LogP contribution in [0.25, 0.3) is 0 Å². The molecule has 1 N–H and O–H groups in total. The minimum atomic E-state index is 0.623. The number of rotatable bonds is 4. The van der Waals surface area contributed by atoms with E-state index in [0.29, 0.717) is 18.0 Å². The predicted octanol–water partition coefficient (Wildman–Crippen LogP) is 1.94. The molecule has 2 heterocycles. The first-order valence-electron chi connectivity index (χ1n) is 7.48. The minimum Gasteiger partial charge on any atom is -0.311 e. The first kappa shape index (κ1) is 14.5. The molecule has 108 valence electrons. The van der Waals surface area contributed by atoms with Crippen molar-refractivity contribution in [2.24, 2.45) is 13.0 Å². The summed E-state index contributed by atoms with van der Waals surface area (Å²) in [4.78, 5) is 2.63. The molecular formula is C15H28N4. The Morgan fingerprint density at radius 3 is 2.74 bits per heavy atom. The maximum Gasteiger partial charge on any atom is 0.0597 e. The highest BCUT2D eigenvalue weighted by Gasteiger charge is 2.29. The molecular weight excluding hydrogens is 236 g/mol. The highest BCUT2D eigenvalue weighted by molar-refractivity contribution is 5.09. The van der Waals surface area contributed by atoms with Crippen LogP contribution >= 0.6 is 0 Å². The molecule has 1 aromatic heterocycles. The zero-order valence-corrected chi connectivity index (χ0v) is 13.0. The molecule has 0 aliphatic carbocycles. The minimum absolute atomic E-state index is 0.623. The summed E-state index contributed by atoms with van der Waals surface area (Å²) in [6, 6.07) is 3.46. The molecule has 1 aliphatic heterocycles. The monoisotopic (exact) mass is 264 g/mol. The summed E-state index contributed by atoms with van der Waals surface area (Å²) >= 11 is 0. The first-order valence-corrected chi connectivity index (χ1v) is 7.48. The number of hydrogen-bond acceptors (Lipinski definition) is 3. The Morgan fingerprint density at radius 1 is 1.47 bits per heavy atom. The second-order valence-electron chi connectivity index (χ2n) is 6.15. The van der Waals surface area contributed by atoms with Gasteiger partial charge in [0, 0.05) is 38.8 Å². The standard InChI is InChI=1S/C15H28N4/c1-6-13-9-19(15(8-16-13)11(2)3)10-14-7-12(4)17-18(14)5/h7,11,13,15-16H,6,8-10H2,1-5H3. The van der Waals surface area contributed by atoms with Crippen molar-refractivity contribution in [3.8, 4) is 0 Å². The molecule has 4 nitrogen and oxygen atoms in total. The molecule has 0 amide bonds. The van der Waals surface area contributed by atoms with E-state index in [1.807, 2.05) is 11.7 Å². The zero-order valence-electron chi connectivity index (χ0n) is 13.0. The van der Waals surface area contributed by atoms with Crippen LogP contribution in [0.2, 0.25) is 0 Å². The molecule has 4 heteroatoms. The molecule has 0 spiro atoms. The van der Waals surface area contributed by atoms with E-state index in [0.717, 1.165) is 25.3 Å². The second-order valence-corrected chi connectivity index (χ2v) is 6.15. The van der Waals surface area contributed by atoms with Gasteiger partial charge in [-0.3, -0.25) is 9.58 Å². The molecule has 2 atom stereocenters. The lowest BCUT2D eigenvalue weighted by atomic mass is 9.97. The van der Waals surface area contributed by atoms with Gasteiger partial charge in [-0.2, -0.15) is 5.10 Å². The summed E-state index contributed by atoms with van der Waals surface area (Å²) in [7, 11) is 2.05. The SMILES string of the molecule is CCC1CN(Cc2cc(C)nn2C)C(C(C)C)CN1. The van der Waals surface area contributed by atoms with Gasteiger partial charge in [0.05, 0.1) is 11.4 Å². The second kappa shape index (κ2) is 6.06. The van der Waals surface area contributed by atoms with Gasteiger partial charge in [-0.15, -0.1) is 0 Å². The quantitative estimate of drug-likeness (QED) is 0.902. The van der Waals surface area contributed by atoms with Gasteiger partial charge in [-0.05, 0) is 25.3 Å². The van der Waals surface area contributed by atoms with Crippen LogP contribution < -0.4 is 5.32 Å². The Balaban J connectivity index is 2.11. The van der Waals surface area contributed by atoms with E-state index in [-0.39, 0.29) is 0 Å². The van der Waals surface area contributed by atoms with Crippen LogP contribution in [0.15, 0.2) is 6.07 Å². The summed E-state index contributed by atoms with van der Waals surface area (Å²) in [5.41, 5.74) is 2.43. The van der Waals surface area contributed by atoms with Crippen molar-refractivity contribution in [2.75, 3.05) is 13.1 Å². The third kappa shape index (κ3) is 3.37. The topological polar surface area (TPSA) is 33.1 Å². The van der Waals surface area contributed by atoms with Crippen LogP contribution in [-0.2, 0) is 13.6 Å². The van der Waals surface area contributed by atoms with E-state index < -0.39 is 0 Å². The van der Waals surface area contributed by atoms with Crippen molar-refractivity contribution in [3.63, 3.8) is 0 Å². The van der Waals surface area contributed by atoms with Crippen molar-refractivity contribution < 1.29 is 0 Å². The molecule has 0 aromatic carbocycles.